The zero-order valence-electron chi connectivity index (χ0n) is 17.5. The van der Waals surface area contributed by atoms with Gasteiger partial charge in [-0.15, -0.1) is 0 Å². The number of hydrogen-bond donors (Lipinski definition) is 0. The van der Waals surface area contributed by atoms with Crippen LogP contribution < -0.4 is 0 Å². The first kappa shape index (κ1) is 18.4. The Balaban J connectivity index is 1.49. The summed E-state index contributed by atoms with van der Waals surface area (Å²) in [4.78, 5) is 0. The zero-order valence-corrected chi connectivity index (χ0v) is 17.5. The third kappa shape index (κ3) is 3.41. The van der Waals surface area contributed by atoms with Crippen molar-refractivity contribution in [3.8, 4) is 23.0 Å². The Morgan fingerprint density at radius 2 is 0.969 bits per heavy atom. The van der Waals surface area contributed by atoms with E-state index in [1.165, 1.54) is 43.4 Å². The van der Waals surface area contributed by atoms with Gasteiger partial charge < -0.3 is 0 Å². The summed E-state index contributed by atoms with van der Waals surface area (Å²) < 4.78 is 0. The standard InChI is InChI=1S/C32H20/c1-3-9-26-19-23(13-15-24(26)7-1)14-16-30-22-31(21-29-11-5-6-12-32(29)30)28-18-17-25-8-2-4-10-27(25)20-28/h1-13,15,17-22H. The summed E-state index contributed by atoms with van der Waals surface area (Å²) in [6, 6.07) is 42.9. The molecule has 6 aromatic carbocycles. The fraction of sp³-hybridized carbons (Fsp3) is 0. The van der Waals surface area contributed by atoms with Gasteiger partial charge in [0.1, 0.15) is 0 Å². The van der Waals surface area contributed by atoms with Gasteiger partial charge in [-0.25, -0.2) is 0 Å². The summed E-state index contributed by atoms with van der Waals surface area (Å²) in [5, 5.41) is 7.36. The Hall–Kier alpha value is -4.34. The first-order valence-electron chi connectivity index (χ1n) is 10.9. The van der Waals surface area contributed by atoms with Crippen molar-refractivity contribution in [1.29, 1.82) is 0 Å². The molecule has 0 N–H and O–H groups in total. The van der Waals surface area contributed by atoms with Crippen LogP contribution in [0.15, 0.2) is 121 Å². The smallest absolute Gasteiger partial charge is 0.0333 e. The molecule has 0 aliphatic heterocycles. The van der Waals surface area contributed by atoms with E-state index >= 15 is 0 Å². The van der Waals surface area contributed by atoms with Gasteiger partial charge in [-0.1, -0.05) is 103 Å². The largest absolute Gasteiger partial charge is 0.0616 e. The second-order valence-electron chi connectivity index (χ2n) is 8.12. The number of benzene rings is 6. The van der Waals surface area contributed by atoms with Gasteiger partial charge in [-0.2, -0.15) is 0 Å². The normalized spacial score (nSPS) is 10.9. The Labute approximate surface area is 187 Å². The molecule has 0 saturated heterocycles. The van der Waals surface area contributed by atoms with Gasteiger partial charge in [0.25, 0.3) is 0 Å². The molecule has 0 heteroatoms. The van der Waals surface area contributed by atoms with Crippen molar-refractivity contribution >= 4 is 32.3 Å². The summed E-state index contributed by atoms with van der Waals surface area (Å²) in [5.74, 6) is 6.87. The van der Waals surface area contributed by atoms with E-state index in [1.807, 2.05) is 0 Å². The number of hydrogen-bond acceptors (Lipinski definition) is 0. The molecule has 0 bridgehead atoms. The van der Waals surface area contributed by atoms with E-state index in [0.29, 0.717) is 0 Å². The molecule has 0 amide bonds. The van der Waals surface area contributed by atoms with Gasteiger partial charge in [0, 0.05) is 11.1 Å². The van der Waals surface area contributed by atoms with Crippen LogP contribution in [0.5, 0.6) is 0 Å². The SMILES string of the molecule is C(#Cc1cc(-c2ccc3ccccc3c2)cc2ccccc12)c1ccc2ccccc2c1. The predicted molar refractivity (Wildman–Crippen MR) is 137 cm³/mol. The highest BCUT2D eigenvalue weighted by Gasteiger charge is 2.06. The van der Waals surface area contributed by atoms with E-state index in [-0.39, 0.29) is 0 Å². The van der Waals surface area contributed by atoms with Crippen molar-refractivity contribution in [3.05, 3.63) is 132 Å². The third-order valence-corrected chi connectivity index (χ3v) is 6.04. The molecule has 6 rings (SSSR count). The maximum atomic E-state index is 3.47. The van der Waals surface area contributed by atoms with Crippen LogP contribution in [0.1, 0.15) is 11.1 Å². The average molecular weight is 405 g/mol. The van der Waals surface area contributed by atoms with Crippen molar-refractivity contribution < 1.29 is 0 Å². The van der Waals surface area contributed by atoms with E-state index in [2.05, 4.69) is 133 Å². The van der Waals surface area contributed by atoms with Crippen LogP contribution in [0.4, 0.5) is 0 Å². The molecule has 0 aliphatic carbocycles. The van der Waals surface area contributed by atoms with Crippen LogP contribution in [0.2, 0.25) is 0 Å². The average Bonchev–Trinajstić information content (AvgIpc) is 2.86. The highest BCUT2D eigenvalue weighted by Crippen LogP contribution is 2.30. The summed E-state index contributed by atoms with van der Waals surface area (Å²) >= 11 is 0. The quantitative estimate of drug-likeness (QED) is 0.242. The molecule has 0 saturated carbocycles. The molecule has 0 fully saturated rings. The Morgan fingerprint density at radius 3 is 1.75 bits per heavy atom. The lowest BCUT2D eigenvalue weighted by Crippen LogP contribution is -1.86. The van der Waals surface area contributed by atoms with Crippen LogP contribution in [-0.4, -0.2) is 0 Å². The molecule has 0 nitrogen and oxygen atoms in total. The van der Waals surface area contributed by atoms with Gasteiger partial charge in [0.05, 0.1) is 0 Å². The van der Waals surface area contributed by atoms with Gasteiger partial charge in [0.15, 0.2) is 0 Å². The first-order chi connectivity index (χ1) is 15.8. The molecule has 0 aliphatic rings. The minimum absolute atomic E-state index is 1.03. The molecule has 0 radical (unpaired) electrons. The molecule has 0 spiro atoms. The van der Waals surface area contributed by atoms with E-state index in [0.717, 1.165) is 11.1 Å². The van der Waals surface area contributed by atoms with Crippen molar-refractivity contribution in [2.24, 2.45) is 0 Å². The van der Waals surface area contributed by atoms with Gasteiger partial charge in [0.2, 0.25) is 0 Å². The summed E-state index contributed by atoms with van der Waals surface area (Å²) in [7, 11) is 0. The highest BCUT2D eigenvalue weighted by atomic mass is 14.1. The fourth-order valence-corrected chi connectivity index (χ4v) is 4.36. The lowest BCUT2D eigenvalue weighted by molar-refractivity contribution is 1.64. The lowest BCUT2D eigenvalue weighted by Gasteiger charge is -2.08. The number of fused-ring (bicyclic) bond motifs is 3. The fourth-order valence-electron chi connectivity index (χ4n) is 4.36. The van der Waals surface area contributed by atoms with Crippen molar-refractivity contribution in [1.82, 2.24) is 0 Å². The molecule has 6 aromatic rings. The van der Waals surface area contributed by atoms with Crippen LogP contribution in [0.3, 0.4) is 0 Å². The molecule has 0 aromatic heterocycles. The molecule has 32 heavy (non-hydrogen) atoms. The predicted octanol–water partition coefficient (Wildman–Crippen LogP) is 8.21. The lowest BCUT2D eigenvalue weighted by atomic mass is 9.95. The second-order valence-corrected chi connectivity index (χ2v) is 8.12. The second kappa shape index (κ2) is 7.73. The van der Waals surface area contributed by atoms with Crippen LogP contribution in [0, 0.1) is 11.8 Å². The maximum absolute atomic E-state index is 3.47. The van der Waals surface area contributed by atoms with Crippen LogP contribution in [-0.2, 0) is 0 Å². The van der Waals surface area contributed by atoms with Crippen molar-refractivity contribution in [3.63, 3.8) is 0 Å². The minimum Gasteiger partial charge on any atom is -0.0616 e. The van der Waals surface area contributed by atoms with Crippen molar-refractivity contribution in [2.75, 3.05) is 0 Å². The summed E-state index contributed by atoms with van der Waals surface area (Å²) in [5.41, 5.74) is 4.49. The Morgan fingerprint density at radius 1 is 0.375 bits per heavy atom. The molecule has 0 heterocycles. The third-order valence-electron chi connectivity index (χ3n) is 6.04. The topological polar surface area (TPSA) is 0 Å². The molecule has 148 valence electrons. The summed E-state index contributed by atoms with van der Waals surface area (Å²) in [6.07, 6.45) is 0. The Bertz CT molecular complexity index is 1680. The molecular weight excluding hydrogens is 384 g/mol. The highest BCUT2D eigenvalue weighted by molar-refractivity contribution is 5.94. The van der Waals surface area contributed by atoms with Crippen LogP contribution in [0.25, 0.3) is 43.4 Å². The zero-order chi connectivity index (χ0) is 21.3. The minimum atomic E-state index is 1.03. The molecule has 0 unspecified atom stereocenters. The molecular formula is C32H20. The maximum Gasteiger partial charge on any atom is 0.0333 e. The van der Waals surface area contributed by atoms with Gasteiger partial charge in [-0.3, -0.25) is 0 Å². The van der Waals surface area contributed by atoms with Crippen molar-refractivity contribution in [2.45, 2.75) is 0 Å². The van der Waals surface area contributed by atoms with Crippen LogP contribution >= 0.6 is 0 Å². The van der Waals surface area contributed by atoms with Gasteiger partial charge >= 0.3 is 0 Å². The Kier molecular flexibility index (Phi) is 4.45. The van der Waals surface area contributed by atoms with Gasteiger partial charge in [-0.05, 0) is 73.8 Å². The van der Waals surface area contributed by atoms with E-state index in [9.17, 15) is 0 Å². The van der Waals surface area contributed by atoms with E-state index in [1.54, 1.807) is 0 Å². The number of rotatable bonds is 1. The first-order valence-corrected chi connectivity index (χ1v) is 10.9. The summed E-state index contributed by atoms with van der Waals surface area (Å²) in [6.45, 7) is 0. The molecule has 0 atom stereocenters. The monoisotopic (exact) mass is 404 g/mol. The van der Waals surface area contributed by atoms with E-state index in [4.69, 9.17) is 0 Å². The van der Waals surface area contributed by atoms with E-state index < -0.39 is 0 Å².